The van der Waals surface area contributed by atoms with Gasteiger partial charge in [-0.3, -0.25) is 5.41 Å². The fourth-order valence-electron chi connectivity index (χ4n) is 2.17. The van der Waals surface area contributed by atoms with E-state index in [1.807, 2.05) is 0 Å². The van der Waals surface area contributed by atoms with Gasteiger partial charge in [-0.25, -0.2) is 0 Å². The van der Waals surface area contributed by atoms with Crippen molar-refractivity contribution in [1.82, 2.24) is 0 Å². The van der Waals surface area contributed by atoms with Crippen molar-refractivity contribution in [3.05, 3.63) is 23.8 Å². The molecule has 0 bridgehead atoms. The van der Waals surface area contributed by atoms with Gasteiger partial charge in [0.25, 0.3) is 0 Å². The molecule has 0 saturated carbocycles. The highest BCUT2D eigenvalue weighted by Gasteiger charge is 2.22. The van der Waals surface area contributed by atoms with E-state index in [1.54, 1.807) is 11.8 Å². The molecule has 0 aromatic heterocycles. The van der Waals surface area contributed by atoms with Crippen LogP contribution in [0.4, 0.5) is 11.4 Å². The van der Waals surface area contributed by atoms with E-state index < -0.39 is 0 Å². The van der Waals surface area contributed by atoms with Crippen LogP contribution in [0.1, 0.15) is 25.3 Å². The number of benzene rings is 1. The molecule has 2 rings (SSSR count). The molecule has 1 N–H and O–H groups in total. The van der Waals surface area contributed by atoms with Crippen molar-refractivity contribution in [2.75, 3.05) is 36.2 Å². The number of rotatable bonds is 3. The molecule has 18 heavy (non-hydrogen) atoms. The zero-order valence-corrected chi connectivity index (χ0v) is 12.3. The van der Waals surface area contributed by atoms with E-state index in [-0.39, 0.29) is 0 Å². The quantitative estimate of drug-likeness (QED) is 0.907. The van der Waals surface area contributed by atoms with Gasteiger partial charge in [-0.15, -0.1) is 0 Å². The molecular formula is C14H21N3S. The number of hydrogen-bond donors (Lipinski definition) is 1. The number of thioether (sulfide) groups is 1. The Morgan fingerprint density at radius 1 is 1.33 bits per heavy atom. The smallest absolute Gasteiger partial charge is 0.160 e. The average molecular weight is 263 g/mol. The highest BCUT2D eigenvalue weighted by Crippen LogP contribution is 2.34. The predicted molar refractivity (Wildman–Crippen MR) is 82.4 cm³/mol. The predicted octanol–water partition coefficient (Wildman–Crippen LogP) is 3.36. The van der Waals surface area contributed by atoms with E-state index in [1.165, 1.54) is 16.9 Å². The molecule has 0 spiro atoms. The molecule has 0 unspecified atom stereocenters. The molecule has 1 aliphatic heterocycles. The van der Waals surface area contributed by atoms with Crippen LogP contribution in [0.15, 0.2) is 18.2 Å². The van der Waals surface area contributed by atoms with Crippen LogP contribution in [0.3, 0.4) is 0 Å². The summed E-state index contributed by atoms with van der Waals surface area (Å²) >= 11 is 1.63. The Hall–Kier alpha value is -1.16. The van der Waals surface area contributed by atoms with E-state index >= 15 is 0 Å². The second kappa shape index (κ2) is 5.22. The number of amidine groups is 1. The first kappa shape index (κ1) is 13.3. The Kier molecular flexibility index (Phi) is 3.85. The molecule has 98 valence electrons. The molecule has 3 nitrogen and oxygen atoms in total. The first-order chi connectivity index (χ1) is 8.50. The number of anilines is 2. The lowest BCUT2D eigenvalue weighted by molar-refractivity contribution is 0.858. The lowest BCUT2D eigenvalue weighted by atomic mass is 9.99. The monoisotopic (exact) mass is 263 g/mol. The van der Waals surface area contributed by atoms with Gasteiger partial charge < -0.3 is 9.80 Å². The van der Waals surface area contributed by atoms with Crippen molar-refractivity contribution in [3.8, 4) is 0 Å². The lowest BCUT2D eigenvalue weighted by Gasteiger charge is -2.24. The maximum Gasteiger partial charge on any atom is 0.160 e. The summed E-state index contributed by atoms with van der Waals surface area (Å²) in [7, 11) is 4.12. The molecular weight excluding hydrogens is 242 g/mol. The Morgan fingerprint density at radius 2 is 2.06 bits per heavy atom. The summed E-state index contributed by atoms with van der Waals surface area (Å²) in [6, 6.07) is 6.54. The zero-order chi connectivity index (χ0) is 13.3. The minimum absolute atomic E-state index is 0.471. The van der Waals surface area contributed by atoms with Crippen LogP contribution in [0, 0.1) is 5.41 Å². The Labute approximate surface area is 114 Å². The number of nitrogens with one attached hydrogen (secondary N) is 1. The first-order valence-electron chi connectivity index (χ1n) is 6.31. The molecule has 0 atom stereocenters. The maximum atomic E-state index is 8.00. The summed E-state index contributed by atoms with van der Waals surface area (Å²) in [4.78, 5) is 4.25. The van der Waals surface area contributed by atoms with Gasteiger partial charge >= 0.3 is 0 Å². The fourth-order valence-corrected chi connectivity index (χ4v) is 2.98. The first-order valence-corrected chi connectivity index (χ1v) is 7.29. The molecule has 1 saturated heterocycles. The standard InChI is InChI=1S/C14H21N3S/c1-10(2)12-9-11(16(3)4)5-6-13(12)17-7-8-18-14(17)15/h5-6,9-10,15H,7-8H2,1-4H3. The summed E-state index contributed by atoms with van der Waals surface area (Å²) in [5, 5.41) is 8.67. The summed E-state index contributed by atoms with van der Waals surface area (Å²) in [5.41, 5.74) is 3.75. The molecule has 0 radical (unpaired) electrons. The van der Waals surface area contributed by atoms with Crippen LogP contribution in [-0.4, -0.2) is 31.6 Å². The van der Waals surface area contributed by atoms with Crippen LogP contribution >= 0.6 is 11.8 Å². The SMILES string of the molecule is CC(C)c1cc(N(C)C)ccc1N1CCSC1=N. The third-order valence-electron chi connectivity index (χ3n) is 3.24. The highest BCUT2D eigenvalue weighted by molar-refractivity contribution is 8.14. The van der Waals surface area contributed by atoms with Gasteiger partial charge in [0.05, 0.1) is 0 Å². The third-order valence-corrected chi connectivity index (χ3v) is 4.12. The summed E-state index contributed by atoms with van der Waals surface area (Å²) in [5.74, 6) is 1.49. The van der Waals surface area contributed by atoms with E-state index in [0.29, 0.717) is 11.1 Å². The van der Waals surface area contributed by atoms with Crippen LogP contribution in [0.5, 0.6) is 0 Å². The highest BCUT2D eigenvalue weighted by atomic mass is 32.2. The van der Waals surface area contributed by atoms with E-state index in [4.69, 9.17) is 5.41 Å². The minimum atomic E-state index is 0.471. The maximum absolute atomic E-state index is 8.00. The summed E-state index contributed by atoms with van der Waals surface area (Å²) in [6.45, 7) is 5.38. The molecule has 0 amide bonds. The van der Waals surface area contributed by atoms with Crippen LogP contribution in [0.2, 0.25) is 0 Å². The van der Waals surface area contributed by atoms with Gasteiger partial charge in [-0.05, 0) is 29.7 Å². The lowest BCUT2D eigenvalue weighted by Crippen LogP contribution is -2.24. The molecule has 1 aromatic rings. The van der Waals surface area contributed by atoms with Crippen molar-refractivity contribution in [3.63, 3.8) is 0 Å². The second-order valence-electron chi connectivity index (χ2n) is 5.10. The molecule has 1 heterocycles. The second-order valence-corrected chi connectivity index (χ2v) is 6.18. The average Bonchev–Trinajstić information content (AvgIpc) is 2.74. The topological polar surface area (TPSA) is 30.3 Å². The number of nitrogens with zero attached hydrogens (tertiary/aromatic N) is 2. The van der Waals surface area contributed by atoms with Crippen molar-refractivity contribution in [2.24, 2.45) is 0 Å². The van der Waals surface area contributed by atoms with Crippen LogP contribution in [-0.2, 0) is 0 Å². The third kappa shape index (κ3) is 2.48. The van der Waals surface area contributed by atoms with Crippen LogP contribution < -0.4 is 9.80 Å². The summed E-state index contributed by atoms with van der Waals surface area (Å²) < 4.78 is 0. The van der Waals surface area contributed by atoms with E-state index in [9.17, 15) is 0 Å². The van der Waals surface area contributed by atoms with Crippen molar-refractivity contribution < 1.29 is 0 Å². The Bertz CT molecular complexity index is 454. The Morgan fingerprint density at radius 3 is 2.56 bits per heavy atom. The summed E-state index contributed by atoms with van der Waals surface area (Å²) in [6.07, 6.45) is 0. The minimum Gasteiger partial charge on any atom is -0.378 e. The van der Waals surface area contributed by atoms with Gasteiger partial charge in [0.1, 0.15) is 0 Å². The van der Waals surface area contributed by atoms with E-state index in [0.717, 1.165) is 12.3 Å². The van der Waals surface area contributed by atoms with Gasteiger partial charge in [0.2, 0.25) is 0 Å². The fraction of sp³-hybridized carbons (Fsp3) is 0.500. The normalized spacial score (nSPS) is 15.6. The van der Waals surface area contributed by atoms with Gasteiger partial charge in [0.15, 0.2) is 5.17 Å². The van der Waals surface area contributed by atoms with Gasteiger partial charge in [-0.1, -0.05) is 25.6 Å². The Balaban J connectivity index is 2.43. The number of hydrogen-bond acceptors (Lipinski definition) is 3. The molecule has 0 aliphatic carbocycles. The molecule has 4 heteroatoms. The largest absolute Gasteiger partial charge is 0.378 e. The van der Waals surface area contributed by atoms with Crippen molar-refractivity contribution in [2.45, 2.75) is 19.8 Å². The van der Waals surface area contributed by atoms with Crippen molar-refractivity contribution >= 4 is 28.3 Å². The van der Waals surface area contributed by atoms with Crippen molar-refractivity contribution in [1.29, 1.82) is 5.41 Å². The van der Waals surface area contributed by atoms with Gasteiger partial charge in [-0.2, -0.15) is 0 Å². The molecule has 1 aromatic carbocycles. The van der Waals surface area contributed by atoms with Gasteiger partial charge in [0, 0.05) is 37.8 Å². The molecule has 1 aliphatic rings. The van der Waals surface area contributed by atoms with E-state index in [2.05, 4.69) is 55.9 Å². The van der Waals surface area contributed by atoms with Crippen LogP contribution in [0.25, 0.3) is 0 Å². The molecule has 1 fully saturated rings. The zero-order valence-electron chi connectivity index (χ0n) is 11.5.